The van der Waals surface area contributed by atoms with Crippen molar-refractivity contribution in [2.24, 2.45) is 5.73 Å². The fourth-order valence-corrected chi connectivity index (χ4v) is 1.16. The highest BCUT2D eigenvalue weighted by Crippen LogP contribution is 2.17. The fraction of sp³-hybridized carbons (Fsp3) is 0.222. The van der Waals surface area contributed by atoms with Crippen LogP contribution < -0.4 is 5.73 Å². The third kappa shape index (κ3) is 3.26. The SMILES string of the molecule is NC(=O)OCCc1ccccc1[N+](=O)[O-]. The zero-order valence-corrected chi connectivity index (χ0v) is 7.88. The molecule has 0 fully saturated rings. The van der Waals surface area contributed by atoms with E-state index >= 15 is 0 Å². The number of ether oxygens (including phenoxy) is 1. The Labute approximate surface area is 85.8 Å². The van der Waals surface area contributed by atoms with Crippen LogP contribution in [-0.4, -0.2) is 17.6 Å². The minimum atomic E-state index is -0.881. The largest absolute Gasteiger partial charge is 0.449 e. The van der Waals surface area contributed by atoms with Crippen LogP contribution in [0.25, 0.3) is 0 Å². The highest BCUT2D eigenvalue weighted by molar-refractivity contribution is 5.64. The number of carbonyl (C=O) groups excluding carboxylic acids is 1. The second kappa shape index (κ2) is 4.94. The van der Waals surface area contributed by atoms with Gasteiger partial charge in [-0.3, -0.25) is 10.1 Å². The number of nitro groups is 1. The molecule has 6 nitrogen and oxygen atoms in total. The number of para-hydroxylation sites is 1. The number of primary amides is 1. The number of hydrogen-bond acceptors (Lipinski definition) is 4. The van der Waals surface area contributed by atoms with E-state index < -0.39 is 11.0 Å². The summed E-state index contributed by atoms with van der Waals surface area (Å²) >= 11 is 0. The van der Waals surface area contributed by atoms with Gasteiger partial charge in [-0.15, -0.1) is 0 Å². The molecule has 0 unspecified atom stereocenters. The molecule has 0 saturated carbocycles. The Morgan fingerprint density at radius 3 is 2.73 bits per heavy atom. The lowest BCUT2D eigenvalue weighted by molar-refractivity contribution is -0.385. The predicted molar refractivity (Wildman–Crippen MR) is 52.3 cm³/mol. The first-order valence-corrected chi connectivity index (χ1v) is 4.26. The van der Waals surface area contributed by atoms with Crippen molar-refractivity contribution in [3.63, 3.8) is 0 Å². The molecule has 1 rings (SSSR count). The van der Waals surface area contributed by atoms with Gasteiger partial charge in [0.2, 0.25) is 0 Å². The molecule has 0 radical (unpaired) electrons. The van der Waals surface area contributed by atoms with E-state index in [9.17, 15) is 14.9 Å². The molecular weight excluding hydrogens is 200 g/mol. The molecule has 0 bridgehead atoms. The molecule has 6 heteroatoms. The highest BCUT2D eigenvalue weighted by atomic mass is 16.6. The van der Waals surface area contributed by atoms with Crippen LogP contribution in [0, 0.1) is 10.1 Å². The smallest absolute Gasteiger partial charge is 0.404 e. The molecule has 0 heterocycles. The van der Waals surface area contributed by atoms with Gasteiger partial charge in [-0.1, -0.05) is 18.2 Å². The molecule has 0 aromatic heterocycles. The molecule has 1 aromatic rings. The van der Waals surface area contributed by atoms with Crippen molar-refractivity contribution in [3.8, 4) is 0 Å². The molecule has 0 aliphatic heterocycles. The number of nitrogens with two attached hydrogens (primary N) is 1. The molecule has 1 aromatic carbocycles. The zero-order chi connectivity index (χ0) is 11.3. The standard InChI is InChI=1S/C9H10N2O4/c10-9(12)15-6-5-7-3-1-2-4-8(7)11(13)14/h1-4H,5-6H2,(H2,10,12). The summed E-state index contributed by atoms with van der Waals surface area (Å²) in [5.74, 6) is 0. The summed E-state index contributed by atoms with van der Waals surface area (Å²) < 4.78 is 4.50. The van der Waals surface area contributed by atoms with Gasteiger partial charge in [-0.25, -0.2) is 4.79 Å². The third-order valence-corrected chi connectivity index (χ3v) is 1.80. The van der Waals surface area contributed by atoms with E-state index in [1.54, 1.807) is 18.2 Å². The topological polar surface area (TPSA) is 95.5 Å². The third-order valence-electron chi connectivity index (χ3n) is 1.80. The number of benzene rings is 1. The van der Waals surface area contributed by atoms with Gasteiger partial charge >= 0.3 is 6.09 Å². The van der Waals surface area contributed by atoms with Gasteiger partial charge < -0.3 is 10.5 Å². The van der Waals surface area contributed by atoms with Gasteiger partial charge in [0.25, 0.3) is 5.69 Å². The van der Waals surface area contributed by atoms with Crippen molar-refractivity contribution >= 4 is 11.8 Å². The van der Waals surface area contributed by atoms with Crippen LogP contribution in [0.4, 0.5) is 10.5 Å². The van der Waals surface area contributed by atoms with Crippen molar-refractivity contribution < 1.29 is 14.5 Å². The summed E-state index contributed by atoms with van der Waals surface area (Å²) in [6, 6.07) is 6.28. The highest BCUT2D eigenvalue weighted by Gasteiger charge is 2.11. The molecular formula is C9H10N2O4. The van der Waals surface area contributed by atoms with Crippen molar-refractivity contribution in [1.29, 1.82) is 0 Å². The van der Waals surface area contributed by atoms with E-state index in [2.05, 4.69) is 4.74 Å². The maximum atomic E-state index is 10.6. The molecule has 2 N–H and O–H groups in total. The summed E-state index contributed by atoms with van der Waals surface area (Å²) in [5.41, 5.74) is 5.30. The minimum absolute atomic E-state index is 0.0190. The first-order valence-electron chi connectivity index (χ1n) is 4.26. The average molecular weight is 210 g/mol. The average Bonchev–Trinajstić information content (AvgIpc) is 2.17. The van der Waals surface area contributed by atoms with E-state index in [1.165, 1.54) is 6.07 Å². The molecule has 0 atom stereocenters. The van der Waals surface area contributed by atoms with Crippen LogP contribution in [-0.2, 0) is 11.2 Å². The van der Waals surface area contributed by atoms with Gasteiger partial charge in [0.1, 0.15) is 0 Å². The molecule has 15 heavy (non-hydrogen) atoms. The molecule has 0 spiro atoms. The number of nitrogens with zero attached hydrogens (tertiary/aromatic N) is 1. The summed E-state index contributed by atoms with van der Waals surface area (Å²) in [6.45, 7) is 0.0419. The molecule has 0 aliphatic carbocycles. The van der Waals surface area contributed by atoms with Crippen molar-refractivity contribution in [1.82, 2.24) is 0 Å². The number of amides is 1. The van der Waals surface area contributed by atoms with Crippen LogP contribution in [0.2, 0.25) is 0 Å². The first kappa shape index (κ1) is 11.0. The second-order valence-corrected chi connectivity index (χ2v) is 2.80. The lowest BCUT2D eigenvalue weighted by Gasteiger charge is -2.02. The summed E-state index contributed by atoms with van der Waals surface area (Å²) in [7, 11) is 0. The fourth-order valence-electron chi connectivity index (χ4n) is 1.16. The van der Waals surface area contributed by atoms with Gasteiger partial charge in [0.05, 0.1) is 11.5 Å². The van der Waals surface area contributed by atoms with E-state index in [0.717, 1.165) is 0 Å². The number of rotatable bonds is 4. The van der Waals surface area contributed by atoms with Crippen molar-refractivity contribution in [3.05, 3.63) is 39.9 Å². The number of hydrogen-bond donors (Lipinski definition) is 1. The molecule has 0 saturated heterocycles. The van der Waals surface area contributed by atoms with Crippen molar-refractivity contribution in [2.75, 3.05) is 6.61 Å². The lowest BCUT2D eigenvalue weighted by Crippen LogP contribution is -2.15. The van der Waals surface area contributed by atoms with Gasteiger partial charge in [0.15, 0.2) is 0 Å². The Morgan fingerprint density at radius 1 is 1.47 bits per heavy atom. The quantitative estimate of drug-likeness (QED) is 0.597. The maximum Gasteiger partial charge on any atom is 0.404 e. The molecule has 0 aliphatic rings. The predicted octanol–water partition coefficient (Wildman–Crippen LogP) is 1.23. The van der Waals surface area contributed by atoms with E-state index in [1.807, 2.05) is 0 Å². The van der Waals surface area contributed by atoms with Gasteiger partial charge in [0, 0.05) is 18.1 Å². The lowest BCUT2D eigenvalue weighted by atomic mass is 10.1. The van der Waals surface area contributed by atoms with Gasteiger partial charge in [-0.05, 0) is 0 Å². The van der Waals surface area contributed by atoms with E-state index in [0.29, 0.717) is 5.56 Å². The van der Waals surface area contributed by atoms with Crippen LogP contribution in [0.5, 0.6) is 0 Å². The van der Waals surface area contributed by atoms with Gasteiger partial charge in [-0.2, -0.15) is 0 Å². The van der Waals surface area contributed by atoms with Crippen LogP contribution in [0.1, 0.15) is 5.56 Å². The number of carbonyl (C=O) groups is 1. The summed E-state index contributed by atoms with van der Waals surface area (Å²) in [4.78, 5) is 20.4. The van der Waals surface area contributed by atoms with Crippen molar-refractivity contribution in [2.45, 2.75) is 6.42 Å². The summed E-state index contributed by atoms with van der Waals surface area (Å²) in [6.07, 6.45) is -0.603. The first-order chi connectivity index (χ1) is 7.11. The zero-order valence-electron chi connectivity index (χ0n) is 7.88. The normalized spacial score (nSPS) is 9.60. The Hall–Kier alpha value is -2.11. The van der Waals surface area contributed by atoms with Crippen LogP contribution >= 0.6 is 0 Å². The Morgan fingerprint density at radius 2 is 2.13 bits per heavy atom. The Bertz CT molecular complexity index is 378. The van der Waals surface area contributed by atoms with E-state index in [4.69, 9.17) is 5.73 Å². The Balaban J connectivity index is 2.67. The molecule has 1 amide bonds. The van der Waals surface area contributed by atoms with Crippen LogP contribution in [0.15, 0.2) is 24.3 Å². The monoisotopic (exact) mass is 210 g/mol. The summed E-state index contributed by atoms with van der Waals surface area (Å²) in [5, 5.41) is 10.6. The minimum Gasteiger partial charge on any atom is -0.449 e. The van der Waals surface area contributed by atoms with Crippen LogP contribution in [0.3, 0.4) is 0 Å². The Kier molecular flexibility index (Phi) is 3.61. The maximum absolute atomic E-state index is 10.6. The second-order valence-electron chi connectivity index (χ2n) is 2.80. The number of nitro benzene ring substituents is 1. The molecule has 80 valence electrons. The van der Waals surface area contributed by atoms with E-state index in [-0.39, 0.29) is 18.7 Å².